The molecule has 2 amide bonds. The third-order valence-corrected chi connectivity index (χ3v) is 7.45. The molecule has 1 aromatic rings. The fraction of sp³-hybridized carbons (Fsp3) is 0.636. The largest absolute Gasteiger partial charge is 0.497 e. The van der Waals surface area contributed by atoms with Crippen LogP contribution in [0, 0.1) is 0 Å². The van der Waals surface area contributed by atoms with Crippen molar-refractivity contribution in [1.29, 1.82) is 0 Å². The van der Waals surface area contributed by atoms with E-state index < -0.39 is 21.5 Å². The molecule has 0 aromatic heterocycles. The maximum absolute atomic E-state index is 13.6. The van der Waals surface area contributed by atoms with Gasteiger partial charge in [-0.05, 0) is 31.9 Å². The van der Waals surface area contributed by atoms with Crippen LogP contribution < -0.4 is 15.0 Å². The molecule has 1 atom stereocenters. The Hall–Kier alpha value is -2.13. The van der Waals surface area contributed by atoms with Gasteiger partial charge in [0.15, 0.2) is 0 Å². The number of methoxy groups -OCH3 is 1. The second kappa shape index (κ2) is 9.56. The Bertz CT molecular complexity index is 911. The second-order valence-corrected chi connectivity index (χ2v) is 10.7. The molecule has 0 spiro atoms. The Kier molecular flexibility index (Phi) is 7.26. The highest BCUT2D eigenvalue weighted by Crippen LogP contribution is 2.33. The summed E-state index contributed by atoms with van der Waals surface area (Å²) in [7, 11) is -2.11. The van der Waals surface area contributed by atoms with Gasteiger partial charge in [0, 0.05) is 24.3 Å². The van der Waals surface area contributed by atoms with Gasteiger partial charge in [0.25, 0.3) is 0 Å². The highest BCUT2D eigenvalue weighted by atomic mass is 32.2. The third-order valence-electron chi connectivity index (χ3n) is 6.25. The lowest BCUT2D eigenvalue weighted by Crippen LogP contribution is -2.70. The Labute approximate surface area is 185 Å². The number of ether oxygens (including phenoxy) is 1. The highest BCUT2D eigenvalue weighted by Gasteiger charge is 2.50. The summed E-state index contributed by atoms with van der Waals surface area (Å²) in [5, 5.41) is 3.13. The lowest BCUT2D eigenvalue weighted by molar-refractivity contribution is -0.133. The lowest BCUT2D eigenvalue weighted by Gasteiger charge is -2.47. The van der Waals surface area contributed by atoms with Crippen LogP contribution in [0.3, 0.4) is 0 Å². The predicted molar refractivity (Wildman–Crippen MR) is 120 cm³/mol. The van der Waals surface area contributed by atoms with Gasteiger partial charge in [-0.1, -0.05) is 38.2 Å². The van der Waals surface area contributed by atoms with E-state index in [0.29, 0.717) is 11.4 Å². The van der Waals surface area contributed by atoms with Crippen LogP contribution in [0.2, 0.25) is 0 Å². The van der Waals surface area contributed by atoms with Crippen LogP contribution >= 0.6 is 0 Å². The summed E-state index contributed by atoms with van der Waals surface area (Å²) in [6, 6.07) is 6.96. The number of carbonyl (C=O) groups excluding carboxylic acids is 2. The number of piperazine rings is 1. The molecule has 1 saturated carbocycles. The Morgan fingerprint density at radius 3 is 2.42 bits per heavy atom. The molecule has 0 unspecified atom stereocenters. The van der Waals surface area contributed by atoms with Crippen molar-refractivity contribution in [2.24, 2.45) is 0 Å². The van der Waals surface area contributed by atoms with Crippen molar-refractivity contribution < 1.29 is 22.7 Å². The van der Waals surface area contributed by atoms with Crippen molar-refractivity contribution in [2.75, 3.05) is 31.4 Å². The minimum absolute atomic E-state index is 0.0282. The first-order chi connectivity index (χ1) is 14.6. The monoisotopic (exact) mass is 451 g/mol. The average molecular weight is 452 g/mol. The number of rotatable bonds is 5. The van der Waals surface area contributed by atoms with E-state index in [-0.39, 0.29) is 25.0 Å². The number of sulfonamides is 1. The summed E-state index contributed by atoms with van der Waals surface area (Å²) >= 11 is 0. The number of anilines is 1. The number of amides is 2. The lowest BCUT2D eigenvalue weighted by atomic mass is 9.92. The van der Waals surface area contributed by atoms with Gasteiger partial charge in [-0.15, -0.1) is 0 Å². The smallest absolute Gasteiger partial charge is 0.247 e. The quantitative estimate of drug-likeness (QED) is 0.741. The third kappa shape index (κ3) is 5.38. The molecule has 2 fully saturated rings. The zero-order chi connectivity index (χ0) is 22.6. The fourth-order valence-electron chi connectivity index (χ4n) is 4.49. The number of nitrogens with zero attached hydrogens (tertiary/aromatic N) is 2. The zero-order valence-corrected chi connectivity index (χ0v) is 19.4. The Morgan fingerprint density at radius 2 is 1.81 bits per heavy atom. The van der Waals surface area contributed by atoms with Gasteiger partial charge in [0.05, 0.1) is 19.9 Å². The number of hydrogen-bond acceptors (Lipinski definition) is 5. The summed E-state index contributed by atoms with van der Waals surface area (Å²) < 4.78 is 30.9. The van der Waals surface area contributed by atoms with Crippen LogP contribution in [0.4, 0.5) is 5.69 Å². The summed E-state index contributed by atoms with van der Waals surface area (Å²) in [6.07, 6.45) is 8.48. The molecule has 9 heteroatoms. The van der Waals surface area contributed by atoms with Gasteiger partial charge < -0.3 is 10.1 Å². The van der Waals surface area contributed by atoms with Crippen LogP contribution in [0.25, 0.3) is 0 Å². The van der Waals surface area contributed by atoms with Crippen LogP contribution in [0.15, 0.2) is 24.3 Å². The Morgan fingerprint density at radius 1 is 1.16 bits per heavy atom. The molecular weight excluding hydrogens is 418 g/mol. The molecule has 8 nitrogen and oxygen atoms in total. The van der Waals surface area contributed by atoms with Gasteiger partial charge in [-0.2, -0.15) is 4.31 Å². The van der Waals surface area contributed by atoms with E-state index in [2.05, 4.69) is 5.32 Å². The average Bonchev–Trinajstić information content (AvgIpc) is 2.68. The SMILES string of the molecule is COc1cccc(N2C(=O)CN(S(C)(=O)=O)C[C@@]2(C)C(=O)NC2CCCCCCC2)c1. The highest BCUT2D eigenvalue weighted by molar-refractivity contribution is 7.88. The standard InChI is InChI=1S/C22H33N3O5S/c1-22(21(27)23-17-10-7-5-4-6-8-11-17)16-24(31(3,28)29)15-20(26)25(22)18-12-9-13-19(14-18)30-2/h9,12-14,17H,4-8,10-11,15-16H2,1-3H3,(H,23,27)/t22-/m0/s1. The Balaban J connectivity index is 1.95. The molecule has 31 heavy (non-hydrogen) atoms. The van der Waals surface area contributed by atoms with E-state index in [1.807, 2.05) is 0 Å². The van der Waals surface area contributed by atoms with Crippen LogP contribution in [-0.2, 0) is 19.6 Å². The first-order valence-corrected chi connectivity index (χ1v) is 12.7. The van der Waals surface area contributed by atoms with Crippen LogP contribution in [0.5, 0.6) is 5.75 Å². The van der Waals surface area contributed by atoms with Gasteiger partial charge in [0.1, 0.15) is 11.3 Å². The predicted octanol–water partition coefficient (Wildman–Crippen LogP) is 2.29. The van der Waals surface area contributed by atoms with E-state index in [1.165, 1.54) is 18.4 Å². The van der Waals surface area contributed by atoms with Gasteiger partial charge in [-0.3, -0.25) is 14.5 Å². The summed E-state index contributed by atoms with van der Waals surface area (Å²) in [5.74, 6) is -0.221. The molecule has 1 N–H and O–H groups in total. The molecule has 1 saturated heterocycles. The van der Waals surface area contributed by atoms with Crippen molar-refractivity contribution in [1.82, 2.24) is 9.62 Å². The summed E-state index contributed by atoms with van der Waals surface area (Å²) in [5.41, 5.74) is -0.875. The number of hydrogen-bond donors (Lipinski definition) is 1. The molecule has 3 rings (SSSR count). The number of nitrogens with one attached hydrogen (secondary N) is 1. The topological polar surface area (TPSA) is 96.0 Å². The van der Waals surface area contributed by atoms with Crippen molar-refractivity contribution in [3.05, 3.63) is 24.3 Å². The molecular formula is C22H33N3O5S. The van der Waals surface area contributed by atoms with Crippen molar-refractivity contribution >= 4 is 27.5 Å². The van der Waals surface area contributed by atoms with Crippen molar-refractivity contribution in [3.8, 4) is 5.75 Å². The van der Waals surface area contributed by atoms with Crippen molar-refractivity contribution in [2.45, 2.75) is 63.5 Å². The number of benzene rings is 1. The van der Waals surface area contributed by atoms with Gasteiger partial charge >= 0.3 is 0 Å². The maximum atomic E-state index is 13.6. The molecule has 0 radical (unpaired) electrons. The molecule has 1 aliphatic carbocycles. The molecule has 172 valence electrons. The summed E-state index contributed by atoms with van der Waals surface area (Å²) in [4.78, 5) is 28.2. The molecule has 0 bridgehead atoms. The van der Waals surface area contributed by atoms with Gasteiger partial charge in [-0.25, -0.2) is 8.42 Å². The molecule has 2 aliphatic rings. The minimum Gasteiger partial charge on any atom is -0.497 e. The van der Waals surface area contributed by atoms with Crippen LogP contribution in [-0.4, -0.2) is 62.6 Å². The molecule has 1 aliphatic heterocycles. The van der Waals surface area contributed by atoms with E-state index >= 15 is 0 Å². The second-order valence-electron chi connectivity index (χ2n) is 8.75. The van der Waals surface area contributed by atoms with E-state index in [1.54, 1.807) is 31.2 Å². The molecule has 1 heterocycles. The first-order valence-electron chi connectivity index (χ1n) is 10.9. The number of carbonyl (C=O) groups is 2. The van der Waals surface area contributed by atoms with Crippen molar-refractivity contribution in [3.63, 3.8) is 0 Å². The maximum Gasteiger partial charge on any atom is 0.247 e. The molecule has 1 aromatic carbocycles. The normalized spacial score (nSPS) is 24.4. The first kappa shape index (κ1) is 23.5. The minimum atomic E-state index is -3.64. The van der Waals surface area contributed by atoms with E-state index in [4.69, 9.17) is 4.74 Å². The van der Waals surface area contributed by atoms with E-state index in [0.717, 1.165) is 49.1 Å². The summed E-state index contributed by atoms with van der Waals surface area (Å²) in [6.45, 7) is 1.23. The van der Waals surface area contributed by atoms with Crippen LogP contribution in [0.1, 0.15) is 51.9 Å². The van der Waals surface area contributed by atoms with Gasteiger partial charge in [0.2, 0.25) is 21.8 Å². The van der Waals surface area contributed by atoms with E-state index in [9.17, 15) is 18.0 Å². The zero-order valence-electron chi connectivity index (χ0n) is 18.6. The fourth-order valence-corrected chi connectivity index (χ4v) is 5.33.